The maximum Gasteiger partial charge on any atom is 0.233 e. The van der Waals surface area contributed by atoms with Crippen LogP contribution in [0, 0.1) is 0 Å². The predicted molar refractivity (Wildman–Crippen MR) is 109 cm³/mol. The summed E-state index contributed by atoms with van der Waals surface area (Å²) < 4.78 is 38.8. The molecule has 0 bridgehead atoms. The molecular formula is C19H27N5O4S. The lowest BCUT2D eigenvalue weighted by Gasteiger charge is -2.36. The van der Waals surface area contributed by atoms with Crippen molar-refractivity contribution in [2.45, 2.75) is 31.1 Å². The number of hydrogen-bond donors (Lipinski definition) is 1. The van der Waals surface area contributed by atoms with E-state index in [4.69, 9.17) is 9.15 Å². The molecule has 0 radical (unpaired) electrons. The van der Waals surface area contributed by atoms with E-state index in [9.17, 15) is 8.42 Å². The SMILES string of the molecule is CCc1nnc(C2CC(S(=O)(=O)N3CCN(c4cccc(OC)c4)CC3)CN2)o1. The minimum atomic E-state index is -3.39. The number of sulfonamides is 1. The maximum atomic E-state index is 13.2. The Hall–Kier alpha value is -2.17. The first kappa shape index (κ1) is 20.1. The molecule has 0 saturated carbocycles. The second-order valence-electron chi connectivity index (χ2n) is 7.34. The van der Waals surface area contributed by atoms with Crippen LogP contribution >= 0.6 is 0 Å². The third-order valence-electron chi connectivity index (χ3n) is 5.61. The average Bonchev–Trinajstić information content (AvgIpc) is 3.43. The van der Waals surface area contributed by atoms with Crippen LogP contribution in [0.15, 0.2) is 28.7 Å². The van der Waals surface area contributed by atoms with Gasteiger partial charge in [0.15, 0.2) is 0 Å². The van der Waals surface area contributed by atoms with E-state index in [-0.39, 0.29) is 6.04 Å². The third kappa shape index (κ3) is 4.10. The fourth-order valence-corrected chi connectivity index (χ4v) is 5.72. The van der Waals surface area contributed by atoms with Crippen molar-refractivity contribution in [3.63, 3.8) is 0 Å². The highest BCUT2D eigenvalue weighted by Gasteiger charge is 2.41. The summed E-state index contributed by atoms with van der Waals surface area (Å²) in [5.74, 6) is 1.84. The van der Waals surface area contributed by atoms with Crippen LogP contribution < -0.4 is 15.0 Å². The van der Waals surface area contributed by atoms with E-state index >= 15 is 0 Å². The lowest BCUT2D eigenvalue weighted by atomic mass is 10.2. The van der Waals surface area contributed by atoms with Gasteiger partial charge in [-0.25, -0.2) is 8.42 Å². The molecule has 2 aromatic rings. The Balaban J connectivity index is 1.37. The predicted octanol–water partition coefficient (Wildman–Crippen LogP) is 1.20. The highest BCUT2D eigenvalue weighted by atomic mass is 32.2. The molecule has 158 valence electrons. The summed E-state index contributed by atoms with van der Waals surface area (Å²) in [6.45, 7) is 4.59. The number of aryl methyl sites for hydroxylation is 1. The first-order valence-electron chi connectivity index (χ1n) is 9.95. The number of nitrogens with one attached hydrogen (secondary N) is 1. The van der Waals surface area contributed by atoms with Crippen molar-refractivity contribution in [1.82, 2.24) is 19.8 Å². The zero-order valence-electron chi connectivity index (χ0n) is 16.7. The molecule has 2 fully saturated rings. The van der Waals surface area contributed by atoms with Crippen LogP contribution in [0.5, 0.6) is 5.75 Å². The van der Waals surface area contributed by atoms with Crippen molar-refractivity contribution in [3.05, 3.63) is 36.0 Å². The summed E-state index contributed by atoms with van der Waals surface area (Å²) in [4.78, 5) is 2.19. The molecule has 0 spiro atoms. The lowest BCUT2D eigenvalue weighted by Crippen LogP contribution is -2.51. The van der Waals surface area contributed by atoms with Crippen molar-refractivity contribution in [1.29, 1.82) is 0 Å². The van der Waals surface area contributed by atoms with Crippen LogP contribution in [0.1, 0.15) is 31.2 Å². The topological polar surface area (TPSA) is 101 Å². The molecule has 10 heteroatoms. The maximum absolute atomic E-state index is 13.2. The van der Waals surface area contributed by atoms with Gasteiger partial charge in [0.25, 0.3) is 0 Å². The van der Waals surface area contributed by atoms with E-state index in [0.717, 1.165) is 11.4 Å². The van der Waals surface area contributed by atoms with Gasteiger partial charge in [-0.1, -0.05) is 13.0 Å². The second kappa shape index (κ2) is 8.29. The summed E-state index contributed by atoms with van der Waals surface area (Å²) in [5, 5.41) is 10.8. The molecule has 2 unspecified atom stereocenters. The van der Waals surface area contributed by atoms with Crippen molar-refractivity contribution < 1.29 is 17.6 Å². The molecule has 3 heterocycles. The van der Waals surface area contributed by atoms with Gasteiger partial charge in [0, 0.05) is 50.9 Å². The molecule has 2 atom stereocenters. The Kier molecular flexibility index (Phi) is 5.75. The Morgan fingerprint density at radius 3 is 2.72 bits per heavy atom. The minimum absolute atomic E-state index is 0.208. The van der Waals surface area contributed by atoms with Gasteiger partial charge in [0.1, 0.15) is 5.75 Å². The highest BCUT2D eigenvalue weighted by molar-refractivity contribution is 7.89. The zero-order valence-corrected chi connectivity index (χ0v) is 17.6. The monoisotopic (exact) mass is 421 g/mol. The fourth-order valence-electron chi connectivity index (χ4n) is 3.89. The minimum Gasteiger partial charge on any atom is -0.497 e. The molecule has 9 nitrogen and oxygen atoms in total. The molecule has 2 aliphatic rings. The van der Waals surface area contributed by atoms with Gasteiger partial charge in [-0.05, 0) is 18.6 Å². The quantitative estimate of drug-likeness (QED) is 0.743. The number of rotatable bonds is 6. The molecular weight excluding hydrogens is 394 g/mol. The number of ether oxygens (including phenoxy) is 1. The smallest absolute Gasteiger partial charge is 0.233 e. The largest absolute Gasteiger partial charge is 0.497 e. The summed E-state index contributed by atoms with van der Waals surface area (Å²) in [6.07, 6.45) is 1.11. The van der Waals surface area contributed by atoms with E-state index in [1.165, 1.54) is 0 Å². The van der Waals surface area contributed by atoms with Gasteiger partial charge < -0.3 is 19.4 Å². The molecule has 1 N–H and O–H groups in total. The van der Waals surface area contributed by atoms with Crippen molar-refractivity contribution in [2.75, 3.05) is 44.7 Å². The number of benzene rings is 1. The van der Waals surface area contributed by atoms with E-state index in [2.05, 4.69) is 20.4 Å². The Morgan fingerprint density at radius 1 is 1.24 bits per heavy atom. The number of anilines is 1. The Bertz CT molecular complexity index is 940. The first-order chi connectivity index (χ1) is 14.0. The number of methoxy groups -OCH3 is 1. The number of nitrogens with zero attached hydrogens (tertiary/aromatic N) is 4. The van der Waals surface area contributed by atoms with Gasteiger partial charge in [0.2, 0.25) is 21.8 Å². The zero-order chi connectivity index (χ0) is 20.4. The molecule has 1 aromatic heterocycles. The second-order valence-corrected chi connectivity index (χ2v) is 9.55. The van der Waals surface area contributed by atoms with Crippen LogP contribution in [0.25, 0.3) is 0 Å². The van der Waals surface area contributed by atoms with Crippen molar-refractivity contribution >= 4 is 15.7 Å². The first-order valence-corrected chi connectivity index (χ1v) is 11.4. The lowest BCUT2D eigenvalue weighted by molar-refractivity contribution is 0.377. The number of piperazine rings is 1. The summed E-state index contributed by atoms with van der Waals surface area (Å²) in [6, 6.07) is 7.64. The molecule has 0 amide bonds. The molecule has 1 aromatic carbocycles. The standard InChI is InChI=1S/C19H27N5O4S/c1-3-18-21-22-19(28-18)17-12-16(13-20-17)29(25,26)24-9-7-23(8-10-24)14-5-4-6-15(11-14)27-2/h4-6,11,16-17,20H,3,7-10,12-13H2,1-2H3. The third-order valence-corrected chi connectivity index (χ3v) is 7.90. The summed E-state index contributed by atoms with van der Waals surface area (Å²) in [7, 11) is -1.75. The van der Waals surface area contributed by atoms with Gasteiger partial charge in [-0.2, -0.15) is 4.31 Å². The Morgan fingerprint density at radius 2 is 2.03 bits per heavy atom. The van der Waals surface area contributed by atoms with E-state index in [0.29, 0.717) is 57.3 Å². The molecule has 2 saturated heterocycles. The number of hydrogen-bond acceptors (Lipinski definition) is 8. The van der Waals surface area contributed by atoms with Crippen LogP contribution in [0.4, 0.5) is 5.69 Å². The highest BCUT2D eigenvalue weighted by Crippen LogP contribution is 2.29. The average molecular weight is 422 g/mol. The van der Waals surface area contributed by atoms with E-state index in [1.807, 2.05) is 31.2 Å². The Labute approximate surface area is 171 Å². The molecule has 0 aliphatic carbocycles. The summed E-state index contributed by atoms with van der Waals surface area (Å²) >= 11 is 0. The van der Waals surface area contributed by atoms with Crippen LogP contribution in [0.2, 0.25) is 0 Å². The van der Waals surface area contributed by atoms with Gasteiger partial charge in [0.05, 0.1) is 18.4 Å². The van der Waals surface area contributed by atoms with Crippen LogP contribution in [-0.2, 0) is 16.4 Å². The molecule has 2 aliphatic heterocycles. The van der Waals surface area contributed by atoms with Crippen LogP contribution in [0.3, 0.4) is 0 Å². The van der Waals surface area contributed by atoms with E-state index in [1.54, 1.807) is 11.4 Å². The number of aromatic nitrogens is 2. The van der Waals surface area contributed by atoms with Crippen molar-refractivity contribution in [2.24, 2.45) is 0 Å². The van der Waals surface area contributed by atoms with Gasteiger partial charge in [-0.15, -0.1) is 10.2 Å². The van der Waals surface area contributed by atoms with Crippen molar-refractivity contribution in [3.8, 4) is 5.75 Å². The van der Waals surface area contributed by atoms with E-state index < -0.39 is 15.3 Å². The fraction of sp³-hybridized carbons (Fsp3) is 0.579. The van der Waals surface area contributed by atoms with Crippen LogP contribution in [-0.4, -0.2) is 68.0 Å². The molecule has 4 rings (SSSR count). The van der Waals surface area contributed by atoms with Gasteiger partial charge in [-0.3, -0.25) is 0 Å². The summed E-state index contributed by atoms with van der Waals surface area (Å²) in [5.41, 5.74) is 1.05. The van der Waals surface area contributed by atoms with Gasteiger partial charge >= 0.3 is 0 Å². The normalized spacial score (nSPS) is 23.4. The molecule has 29 heavy (non-hydrogen) atoms.